The fourth-order valence-electron chi connectivity index (χ4n) is 2.47. The average molecular weight is 255 g/mol. The van der Waals surface area contributed by atoms with Gasteiger partial charge >= 0.3 is 5.97 Å². The molecule has 0 atom stereocenters. The largest absolute Gasteiger partial charge is 0.480 e. The standard InChI is InChI=1S/C14H25NO3/c1-13(2)8-6-10(7-9-13)15(5)11(16)14(3,4)12(17)18/h10H,6-9H2,1-5H3,(H,17,18). The summed E-state index contributed by atoms with van der Waals surface area (Å²) in [6.45, 7) is 7.43. The SMILES string of the molecule is CN(C(=O)C(C)(C)C(=O)O)C1CCC(C)(C)CC1. The molecule has 0 aromatic heterocycles. The van der Waals surface area contributed by atoms with Gasteiger partial charge in [0, 0.05) is 13.1 Å². The van der Waals surface area contributed by atoms with Crippen molar-refractivity contribution >= 4 is 11.9 Å². The summed E-state index contributed by atoms with van der Waals surface area (Å²) in [4.78, 5) is 25.0. The summed E-state index contributed by atoms with van der Waals surface area (Å²) in [5.41, 5.74) is -0.982. The van der Waals surface area contributed by atoms with Crippen LogP contribution in [0.4, 0.5) is 0 Å². The summed E-state index contributed by atoms with van der Waals surface area (Å²) >= 11 is 0. The van der Waals surface area contributed by atoms with Crippen LogP contribution >= 0.6 is 0 Å². The van der Waals surface area contributed by atoms with Crippen LogP contribution in [-0.4, -0.2) is 35.0 Å². The normalized spacial score (nSPS) is 20.5. The Morgan fingerprint density at radius 1 is 1.22 bits per heavy atom. The van der Waals surface area contributed by atoms with E-state index >= 15 is 0 Å². The monoisotopic (exact) mass is 255 g/mol. The van der Waals surface area contributed by atoms with Crippen molar-refractivity contribution in [2.24, 2.45) is 10.8 Å². The summed E-state index contributed by atoms with van der Waals surface area (Å²) in [5, 5.41) is 9.09. The first-order valence-electron chi connectivity index (χ1n) is 6.58. The zero-order valence-electron chi connectivity index (χ0n) is 12.1. The Kier molecular flexibility index (Phi) is 4.08. The van der Waals surface area contributed by atoms with Crippen LogP contribution in [0.3, 0.4) is 0 Å². The van der Waals surface area contributed by atoms with Crippen molar-refractivity contribution in [2.75, 3.05) is 7.05 Å². The van der Waals surface area contributed by atoms with Crippen molar-refractivity contribution in [1.82, 2.24) is 4.90 Å². The van der Waals surface area contributed by atoms with E-state index in [1.807, 2.05) is 0 Å². The van der Waals surface area contributed by atoms with Crippen LogP contribution in [0.2, 0.25) is 0 Å². The zero-order valence-corrected chi connectivity index (χ0v) is 12.1. The van der Waals surface area contributed by atoms with E-state index in [-0.39, 0.29) is 11.9 Å². The second kappa shape index (κ2) is 4.90. The third-order valence-corrected chi connectivity index (χ3v) is 4.25. The van der Waals surface area contributed by atoms with E-state index in [1.165, 1.54) is 13.8 Å². The molecule has 0 spiro atoms. The highest BCUT2D eigenvalue weighted by Gasteiger charge is 2.41. The molecule has 1 aliphatic rings. The van der Waals surface area contributed by atoms with E-state index in [0.29, 0.717) is 5.41 Å². The molecule has 0 aliphatic heterocycles. The Morgan fingerprint density at radius 2 is 1.67 bits per heavy atom. The van der Waals surface area contributed by atoms with Gasteiger partial charge in [-0.1, -0.05) is 13.8 Å². The number of nitrogens with zero attached hydrogens (tertiary/aromatic N) is 1. The van der Waals surface area contributed by atoms with Crippen LogP contribution in [0.15, 0.2) is 0 Å². The second-order valence-corrected chi connectivity index (χ2v) is 6.74. The van der Waals surface area contributed by atoms with E-state index in [1.54, 1.807) is 11.9 Å². The molecule has 0 bridgehead atoms. The van der Waals surface area contributed by atoms with Crippen molar-refractivity contribution in [1.29, 1.82) is 0 Å². The number of hydrogen-bond acceptors (Lipinski definition) is 2. The summed E-state index contributed by atoms with van der Waals surface area (Å²) in [6.07, 6.45) is 4.10. The zero-order chi connectivity index (χ0) is 14.1. The predicted octanol–water partition coefficient (Wildman–Crippen LogP) is 2.52. The quantitative estimate of drug-likeness (QED) is 0.788. The van der Waals surface area contributed by atoms with E-state index in [9.17, 15) is 9.59 Å². The van der Waals surface area contributed by atoms with Crippen LogP contribution in [0.25, 0.3) is 0 Å². The molecule has 4 nitrogen and oxygen atoms in total. The smallest absolute Gasteiger partial charge is 0.318 e. The molecule has 1 rings (SSSR count). The molecule has 1 fully saturated rings. The first-order valence-corrected chi connectivity index (χ1v) is 6.58. The fraction of sp³-hybridized carbons (Fsp3) is 0.857. The minimum Gasteiger partial charge on any atom is -0.480 e. The van der Waals surface area contributed by atoms with Gasteiger partial charge in [-0.05, 0) is 44.9 Å². The molecule has 1 aliphatic carbocycles. The van der Waals surface area contributed by atoms with Gasteiger partial charge < -0.3 is 10.0 Å². The Morgan fingerprint density at radius 3 is 2.06 bits per heavy atom. The highest BCUT2D eigenvalue weighted by Crippen LogP contribution is 2.37. The molecule has 104 valence electrons. The number of carboxylic acid groups (broad SMARTS) is 1. The first kappa shape index (κ1) is 15.0. The van der Waals surface area contributed by atoms with Gasteiger partial charge in [0.15, 0.2) is 0 Å². The Bertz CT molecular complexity index is 337. The number of amides is 1. The van der Waals surface area contributed by atoms with Crippen molar-refractivity contribution in [3.8, 4) is 0 Å². The van der Waals surface area contributed by atoms with Gasteiger partial charge in [-0.25, -0.2) is 0 Å². The summed E-state index contributed by atoms with van der Waals surface area (Å²) < 4.78 is 0. The van der Waals surface area contributed by atoms with Crippen molar-refractivity contribution in [3.05, 3.63) is 0 Å². The number of hydrogen-bond donors (Lipinski definition) is 1. The van der Waals surface area contributed by atoms with Gasteiger partial charge in [-0.2, -0.15) is 0 Å². The summed E-state index contributed by atoms with van der Waals surface area (Å²) in [7, 11) is 1.73. The molecular formula is C14H25NO3. The second-order valence-electron chi connectivity index (χ2n) is 6.74. The van der Waals surface area contributed by atoms with Crippen LogP contribution in [0.5, 0.6) is 0 Å². The van der Waals surface area contributed by atoms with E-state index in [4.69, 9.17) is 5.11 Å². The molecule has 1 amide bonds. The van der Waals surface area contributed by atoms with Gasteiger partial charge in [-0.3, -0.25) is 9.59 Å². The van der Waals surface area contributed by atoms with E-state index < -0.39 is 11.4 Å². The van der Waals surface area contributed by atoms with Crippen LogP contribution in [0.1, 0.15) is 53.4 Å². The third kappa shape index (κ3) is 3.03. The van der Waals surface area contributed by atoms with Crippen LogP contribution in [0, 0.1) is 10.8 Å². The molecule has 0 aromatic rings. The number of carbonyl (C=O) groups is 2. The van der Waals surface area contributed by atoms with Gasteiger partial charge in [0.2, 0.25) is 5.91 Å². The number of carboxylic acids is 1. The molecule has 1 N–H and O–H groups in total. The minimum absolute atomic E-state index is 0.184. The highest BCUT2D eigenvalue weighted by atomic mass is 16.4. The maximum Gasteiger partial charge on any atom is 0.318 e. The lowest BCUT2D eigenvalue weighted by molar-refractivity contribution is -0.159. The van der Waals surface area contributed by atoms with Crippen molar-refractivity contribution < 1.29 is 14.7 Å². The molecule has 4 heteroatoms. The van der Waals surface area contributed by atoms with Crippen LogP contribution in [-0.2, 0) is 9.59 Å². The molecule has 18 heavy (non-hydrogen) atoms. The van der Waals surface area contributed by atoms with Gasteiger partial charge in [0.05, 0.1) is 0 Å². The average Bonchev–Trinajstić information content (AvgIpc) is 2.26. The number of carbonyl (C=O) groups excluding carboxylic acids is 1. The van der Waals surface area contributed by atoms with E-state index in [2.05, 4.69) is 13.8 Å². The lowest BCUT2D eigenvalue weighted by Crippen LogP contribution is -2.49. The number of rotatable bonds is 3. The molecule has 1 saturated carbocycles. The maximum absolute atomic E-state index is 12.2. The molecule has 0 heterocycles. The van der Waals surface area contributed by atoms with Gasteiger partial charge in [0.25, 0.3) is 0 Å². The molecular weight excluding hydrogens is 230 g/mol. The first-order chi connectivity index (χ1) is 8.08. The lowest BCUT2D eigenvalue weighted by atomic mass is 9.75. The molecule has 0 saturated heterocycles. The fourth-order valence-corrected chi connectivity index (χ4v) is 2.47. The van der Waals surface area contributed by atoms with Gasteiger partial charge in [0.1, 0.15) is 5.41 Å². The molecule has 0 aromatic carbocycles. The Labute approximate surface area is 109 Å². The van der Waals surface area contributed by atoms with Crippen molar-refractivity contribution in [2.45, 2.75) is 59.4 Å². The summed E-state index contributed by atoms with van der Waals surface area (Å²) in [6, 6.07) is 0.184. The lowest BCUT2D eigenvalue weighted by Gasteiger charge is -2.40. The Balaban J connectivity index is 2.69. The van der Waals surface area contributed by atoms with Gasteiger partial charge in [-0.15, -0.1) is 0 Å². The topological polar surface area (TPSA) is 57.6 Å². The minimum atomic E-state index is -1.33. The van der Waals surface area contributed by atoms with Crippen molar-refractivity contribution in [3.63, 3.8) is 0 Å². The highest BCUT2D eigenvalue weighted by molar-refractivity contribution is 6.00. The summed E-state index contributed by atoms with van der Waals surface area (Å²) in [5.74, 6) is -1.35. The van der Waals surface area contributed by atoms with Crippen LogP contribution < -0.4 is 0 Å². The van der Waals surface area contributed by atoms with E-state index in [0.717, 1.165) is 25.7 Å². The molecule has 0 unspecified atom stereocenters. The maximum atomic E-state index is 12.2. The molecule has 0 radical (unpaired) electrons. The predicted molar refractivity (Wildman–Crippen MR) is 70.2 cm³/mol. The third-order valence-electron chi connectivity index (χ3n) is 4.25. The number of aliphatic carboxylic acids is 1. The Hall–Kier alpha value is -1.06.